The maximum absolute atomic E-state index is 14.1. The van der Waals surface area contributed by atoms with Gasteiger partial charge in [-0.1, -0.05) is 33.3 Å². The summed E-state index contributed by atoms with van der Waals surface area (Å²) in [6, 6.07) is 14.9. The van der Waals surface area contributed by atoms with Crippen molar-refractivity contribution in [1.29, 1.82) is 0 Å². The third kappa shape index (κ3) is 5.36. The van der Waals surface area contributed by atoms with Gasteiger partial charge >= 0.3 is 5.97 Å². The number of ether oxygens (including phenoxy) is 3. The van der Waals surface area contributed by atoms with E-state index >= 15 is 0 Å². The van der Waals surface area contributed by atoms with Gasteiger partial charge in [0.2, 0.25) is 0 Å². The van der Waals surface area contributed by atoms with Crippen LogP contribution < -0.4 is 24.4 Å². The molecule has 1 aliphatic heterocycles. The third-order valence-corrected chi connectivity index (χ3v) is 8.67. The molecule has 4 aromatic rings. The molecular formula is C32H32BrN3O5S. The van der Waals surface area contributed by atoms with Crippen LogP contribution in [0.25, 0.3) is 11.8 Å². The smallest absolute Gasteiger partial charge is 0.338 e. The van der Waals surface area contributed by atoms with Gasteiger partial charge in [-0.15, -0.1) is 0 Å². The Morgan fingerprint density at radius 3 is 2.45 bits per heavy atom. The largest absolute Gasteiger partial charge is 0.493 e. The second-order valence-corrected chi connectivity index (χ2v) is 11.7. The number of aromatic nitrogens is 2. The highest BCUT2D eigenvalue weighted by Gasteiger charge is 2.34. The fourth-order valence-corrected chi connectivity index (χ4v) is 6.60. The molecule has 0 bridgehead atoms. The zero-order chi connectivity index (χ0) is 30.1. The van der Waals surface area contributed by atoms with Crippen LogP contribution in [0, 0.1) is 13.8 Å². The van der Waals surface area contributed by atoms with Crippen LogP contribution in [0.5, 0.6) is 11.5 Å². The molecule has 0 radical (unpaired) electrons. The predicted molar refractivity (Wildman–Crippen MR) is 168 cm³/mol. The molecule has 2 aromatic heterocycles. The Bertz CT molecular complexity index is 1880. The number of fused-ring (bicyclic) bond motifs is 1. The van der Waals surface area contributed by atoms with E-state index in [9.17, 15) is 9.59 Å². The molecule has 1 aliphatic rings. The molecule has 10 heteroatoms. The molecule has 3 heterocycles. The fourth-order valence-electron chi connectivity index (χ4n) is 5.30. The average molecular weight is 651 g/mol. The second-order valence-electron chi connectivity index (χ2n) is 9.78. The number of hydrogen-bond donors (Lipinski definition) is 0. The molecular weight excluding hydrogens is 618 g/mol. The number of benzene rings is 2. The highest BCUT2D eigenvalue weighted by Crippen LogP contribution is 2.36. The van der Waals surface area contributed by atoms with Crippen molar-refractivity contribution in [2.24, 2.45) is 4.99 Å². The van der Waals surface area contributed by atoms with Crippen molar-refractivity contribution in [3.8, 4) is 17.2 Å². The van der Waals surface area contributed by atoms with Gasteiger partial charge in [-0.3, -0.25) is 9.36 Å². The summed E-state index contributed by atoms with van der Waals surface area (Å²) in [5.74, 6) is 0.579. The first-order chi connectivity index (χ1) is 20.2. The summed E-state index contributed by atoms with van der Waals surface area (Å²) in [6.07, 6.45) is 1.90. The van der Waals surface area contributed by atoms with Crippen molar-refractivity contribution >= 4 is 39.3 Å². The molecule has 0 unspecified atom stereocenters. The van der Waals surface area contributed by atoms with Gasteiger partial charge in [0.25, 0.3) is 5.56 Å². The number of hydrogen-bond acceptors (Lipinski definition) is 7. The Morgan fingerprint density at radius 1 is 1.05 bits per heavy atom. The summed E-state index contributed by atoms with van der Waals surface area (Å²) in [5, 5.41) is 0. The first kappa shape index (κ1) is 29.6. The zero-order valence-electron chi connectivity index (χ0n) is 24.4. The Morgan fingerprint density at radius 2 is 1.79 bits per heavy atom. The summed E-state index contributed by atoms with van der Waals surface area (Å²) in [6.45, 7) is 10.1. The number of carbonyl (C=O) groups is 1. The summed E-state index contributed by atoms with van der Waals surface area (Å²) in [5.41, 5.74) is 5.31. The van der Waals surface area contributed by atoms with Crippen molar-refractivity contribution in [3.05, 3.63) is 106 Å². The number of halogens is 1. The van der Waals surface area contributed by atoms with E-state index in [0.717, 1.165) is 27.1 Å². The van der Waals surface area contributed by atoms with Crippen molar-refractivity contribution in [3.63, 3.8) is 0 Å². The van der Waals surface area contributed by atoms with Gasteiger partial charge in [-0.05, 0) is 94.3 Å². The van der Waals surface area contributed by atoms with Crippen molar-refractivity contribution < 1.29 is 19.0 Å². The standard InChI is InChI=1S/C32H32BrN3O5S/c1-7-40-26-16-21(9-14-25(26)39-6)29-28(31(38)41-8-2)19(4)34-32-36(29)30(37)27(42-32)17-22-15-18(3)35(20(22)5)24-12-10-23(33)11-13-24/h9-17,29H,7-8H2,1-6H3/b27-17-/t29-/m0/s1. The van der Waals surface area contributed by atoms with Crippen LogP contribution in [0.2, 0.25) is 0 Å². The monoisotopic (exact) mass is 649 g/mol. The molecule has 0 spiro atoms. The Hall–Kier alpha value is -3.89. The normalized spacial score (nSPS) is 14.9. The lowest BCUT2D eigenvalue weighted by molar-refractivity contribution is -0.139. The Balaban J connectivity index is 1.70. The van der Waals surface area contributed by atoms with Gasteiger partial charge in [0.15, 0.2) is 16.3 Å². The minimum atomic E-state index is -0.747. The van der Waals surface area contributed by atoms with Crippen LogP contribution in [0.4, 0.5) is 0 Å². The van der Waals surface area contributed by atoms with Crippen molar-refractivity contribution in [2.45, 2.75) is 40.7 Å². The topological polar surface area (TPSA) is 84.1 Å². The van der Waals surface area contributed by atoms with Gasteiger partial charge < -0.3 is 18.8 Å². The lowest BCUT2D eigenvalue weighted by Crippen LogP contribution is -2.40. The maximum Gasteiger partial charge on any atom is 0.338 e. The molecule has 218 valence electrons. The van der Waals surface area contributed by atoms with Crippen LogP contribution >= 0.6 is 27.3 Å². The lowest BCUT2D eigenvalue weighted by Gasteiger charge is -2.25. The maximum atomic E-state index is 14.1. The number of allylic oxidation sites excluding steroid dienone is 1. The van der Waals surface area contributed by atoms with E-state index in [1.165, 1.54) is 11.3 Å². The molecule has 5 rings (SSSR count). The molecule has 0 saturated carbocycles. The summed E-state index contributed by atoms with van der Waals surface area (Å²) in [7, 11) is 1.57. The first-order valence-corrected chi connectivity index (χ1v) is 15.2. The number of aryl methyl sites for hydroxylation is 1. The Kier molecular flexibility index (Phi) is 8.56. The fraction of sp³-hybridized carbons (Fsp3) is 0.281. The molecule has 2 aromatic carbocycles. The quantitative estimate of drug-likeness (QED) is 0.240. The summed E-state index contributed by atoms with van der Waals surface area (Å²) in [4.78, 5) is 32.6. The molecule has 42 heavy (non-hydrogen) atoms. The van der Waals surface area contributed by atoms with Gasteiger partial charge in [0, 0.05) is 21.5 Å². The van der Waals surface area contributed by atoms with E-state index in [-0.39, 0.29) is 12.2 Å². The lowest BCUT2D eigenvalue weighted by atomic mass is 9.95. The number of carbonyl (C=O) groups excluding carboxylic acids is 1. The molecule has 0 N–H and O–H groups in total. The van der Waals surface area contributed by atoms with Crippen molar-refractivity contribution in [2.75, 3.05) is 20.3 Å². The van der Waals surface area contributed by atoms with E-state index in [1.807, 2.05) is 63.2 Å². The highest BCUT2D eigenvalue weighted by molar-refractivity contribution is 9.10. The summed E-state index contributed by atoms with van der Waals surface area (Å²) < 4.78 is 22.0. The number of rotatable bonds is 8. The molecule has 0 amide bonds. The molecule has 0 fully saturated rings. The van der Waals surface area contributed by atoms with Gasteiger partial charge in [-0.25, -0.2) is 9.79 Å². The zero-order valence-corrected chi connectivity index (χ0v) is 26.8. The minimum Gasteiger partial charge on any atom is -0.493 e. The van der Waals surface area contributed by atoms with Crippen LogP contribution in [-0.4, -0.2) is 35.4 Å². The van der Waals surface area contributed by atoms with Crippen LogP contribution in [0.1, 0.15) is 49.3 Å². The Labute approximate surface area is 256 Å². The third-order valence-electron chi connectivity index (χ3n) is 7.16. The van der Waals surface area contributed by atoms with E-state index in [2.05, 4.69) is 26.6 Å². The van der Waals surface area contributed by atoms with E-state index in [1.54, 1.807) is 31.6 Å². The number of thiazole rings is 1. The molecule has 8 nitrogen and oxygen atoms in total. The van der Waals surface area contributed by atoms with Gasteiger partial charge in [0.1, 0.15) is 0 Å². The van der Waals surface area contributed by atoms with Gasteiger partial charge in [0.05, 0.1) is 42.2 Å². The molecule has 0 saturated heterocycles. The minimum absolute atomic E-state index is 0.202. The van der Waals surface area contributed by atoms with Crippen molar-refractivity contribution in [1.82, 2.24) is 9.13 Å². The van der Waals surface area contributed by atoms with E-state index in [4.69, 9.17) is 19.2 Å². The SMILES string of the molecule is CCOC(=O)C1=C(C)N=c2s/c(=C\c3cc(C)n(-c4ccc(Br)cc4)c3C)c(=O)n2[C@H]1c1ccc(OC)c(OCC)c1. The van der Waals surface area contributed by atoms with Crippen LogP contribution in [0.15, 0.2) is 74.1 Å². The van der Waals surface area contributed by atoms with Crippen LogP contribution in [0.3, 0.4) is 0 Å². The highest BCUT2D eigenvalue weighted by atomic mass is 79.9. The second kappa shape index (κ2) is 12.1. The molecule has 0 aliphatic carbocycles. The van der Waals surface area contributed by atoms with E-state index < -0.39 is 12.0 Å². The predicted octanol–water partition coefficient (Wildman–Crippen LogP) is 5.38. The van der Waals surface area contributed by atoms with Gasteiger partial charge in [-0.2, -0.15) is 0 Å². The number of methoxy groups -OCH3 is 1. The van der Waals surface area contributed by atoms with Crippen LogP contribution in [-0.2, 0) is 9.53 Å². The first-order valence-electron chi connectivity index (χ1n) is 13.6. The van der Waals surface area contributed by atoms with E-state index in [0.29, 0.717) is 44.3 Å². The molecule has 1 atom stereocenters. The summed E-state index contributed by atoms with van der Waals surface area (Å²) >= 11 is 4.80. The average Bonchev–Trinajstić information content (AvgIpc) is 3.42. The number of nitrogens with zero attached hydrogens (tertiary/aromatic N) is 3. The number of esters is 1.